The van der Waals surface area contributed by atoms with E-state index in [9.17, 15) is 0 Å². The number of rotatable bonds is 0. The Morgan fingerprint density at radius 1 is 1.25 bits per heavy atom. The zero-order chi connectivity index (χ0) is 5.11. The fourth-order valence-corrected chi connectivity index (χ4v) is 1.00. The summed E-state index contributed by atoms with van der Waals surface area (Å²) in [5, 5.41) is 3.68. The van der Waals surface area contributed by atoms with Gasteiger partial charge < -0.3 is 10.8 Å². The van der Waals surface area contributed by atoms with Crippen molar-refractivity contribution in [3.8, 4) is 0 Å². The van der Waals surface area contributed by atoms with E-state index in [1.54, 1.807) is 0 Å². The average molecular weight is 138 g/mol. The normalized spacial score (nSPS) is 22.1. The first-order valence-electron chi connectivity index (χ1n) is 2.74. The minimum atomic E-state index is 0. The highest BCUT2D eigenvalue weighted by Crippen LogP contribution is 2.08. The molecule has 1 rings (SSSR count). The van der Waals surface area contributed by atoms with Crippen molar-refractivity contribution >= 4 is 11.6 Å². The zero-order valence-electron chi connectivity index (χ0n) is 4.78. The van der Waals surface area contributed by atoms with E-state index in [1.807, 2.05) is 0 Å². The van der Waals surface area contributed by atoms with E-state index < -0.39 is 0 Å². The molecule has 1 saturated heterocycles. The predicted octanol–water partition coefficient (Wildman–Crippen LogP) is 0.152. The number of nitrogens with one attached hydrogen (secondary N) is 1. The minimum absolute atomic E-state index is 0. The third-order valence-electron chi connectivity index (χ3n) is 1.27. The van der Waals surface area contributed by atoms with E-state index in [4.69, 9.17) is 11.6 Å². The Labute approximate surface area is 54.5 Å². The molecule has 1 fully saturated rings. The maximum atomic E-state index is 5.78. The molecule has 0 aromatic heterocycles. The minimum Gasteiger partial charge on any atom is -0.412 e. The molecule has 1 aliphatic rings. The lowest BCUT2D eigenvalue weighted by Gasteiger charge is -2.15. The van der Waals surface area contributed by atoms with Gasteiger partial charge in [-0.25, -0.2) is 0 Å². The summed E-state index contributed by atoms with van der Waals surface area (Å²) in [4.78, 5) is 0. The SMILES string of the molecule is ClC1CCNCC1.O. The predicted molar refractivity (Wildman–Crippen MR) is 35.4 cm³/mol. The topological polar surface area (TPSA) is 43.5 Å². The Bertz CT molecular complexity index is 54.4. The van der Waals surface area contributed by atoms with Crippen LogP contribution in [0.15, 0.2) is 0 Å². The molecule has 0 unspecified atom stereocenters. The van der Waals surface area contributed by atoms with Crippen molar-refractivity contribution in [3.63, 3.8) is 0 Å². The monoisotopic (exact) mass is 137 g/mol. The lowest BCUT2D eigenvalue weighted by Crippen LogP contribution is -2.27. The fraction of sp³-hybridized carbons (Fsp3) is 1.00. The molecule has 0 saturated carbocycles. The summed E-state index contributed by atoms with van der Waals surface area (Å²) in [5.74, 6) is 0. The number of piperidine rings is 1. The highest BCUT2D eigenvalue weighted by atomic mass is 35.5. The van der Waals surface area contributed by atoms with Gasteiger partial charge in [-0.05, 0) is 25.9 Å². The molecular weight excluding hydrogens is 126 g/mol. The van der Waals surface area contributed by atoms with Gasteiger partial charge in [-0.15, -0.1) is 11.6 Å². The largest absolute Gasteiger partial charge is 0.412 e. The second-order valence-electron chi connectivity index (χ2n) is 1.92. The summed E-state index contributed by atoms with van der Waals surface area (Å²) in [5.41, 5.74) is 0. The van der Waals surface area contributed by atoms with Crippen LogP contribution in [0.2, 0.25) is 0 Å². The summed E-state index contributed by atoms with van der Waals surface area (Å²) in [6.07, 6.45) is 2.28. The molecule has 1 aliphatic heterocycles. The molecule has 0 spiro atoms. The quantitative estimate of drug-likeness (QED) is 0.475. The number of hydrogen-bond acceptors (Lipinski definition) is 1. The van der Waals surface area contributed by atoms with Gasteiger partial charge in [0.1, 0.15) is 0 Å². The van der Waals surface area contributed by atoms with E-state index in [0.29, 0.717) is 5.38 Å². The van der Waals surface area contributed by atoms with Crippen LogP contribution in [0.3, 0.4) is 0 Å². The van der Waals surface area contributed by atoms with Crippen LogP contribution in [0, 0.1) is 0 Å². The molecule has 0 bridgehead atoms. The van der Waals surface area contributed by atoms with Crippen molar-refractivity contribution < 1.29 is 5.48 Å². The molecular formula is C5H12ClNO. The van der Waals surface area contributed by atoms with Crippen molar-refractivity contribution in [1.82, 2.24) is 5.32 Å². The average Bonchev–Trinajstić information content (AvgIpc) is 1.69. The van der Waals surface area contributed by atoms with Gasteiger partial charge in [0.15, 0.2) is 0 Å². The van der Waals surface area contributed by atoms with Crippen LogP contribution in [0.25, 0.3) is 0 Å². The lowest BCUT2D eigenvalue weighted by molar-refractivity contribution is 0.526. The van der Waals surface area contributed by atoms with Crippen LogP contribution in [-0.2, 0) is 0 Å². The van der Waals surface area contributed by atoms with Gasteiger partial charge in [-0.3, -0.25) is 0 Å². The molecule has 0 aromatic carbocycles. The van der Waals surface area contributed by atoms with Gasteiger partial charge in [0, 0.05) is 5.38 Å². The Hall–Kier alpha value is 0.210. The van der Waals surface area contributed by atoms with Crippen LogP contribution in [-0.4, -0.2) is 23.9 Å². The van der Waals surface area contributed by atoms with Gasteiger partial charge in [0.2, 0.25) is 0 Å². The van der Waals surface area contributed by atoms with Gasteiger partial charge in [-0.2, -0.15) is 0 Å². The molecule has 2 nitrogen and oxygen atoms in total. The Morgan fingerprint density at radius 3 is 2.00 bits per heavy atom. The van der Waals surface area contributed by atoms with E-state index >= 15 is 0 Å². The van der Waals surface area contributed by atoms with E-state index in [0.717, 1.165) is 25.9 Å². The Balaban J connectivity index is 0.000000490. The highest BCUT2D eigenvalue weighted by molar-refractivity contribution is 6.20. The van der Waals surface area contributed by atoms with Gasteiger partial charge in [0.05, 0.1) is 0 Å². The van der Waals surface area contributed by atoms with Crippen LogP contribution in [0.1, 0.15) is 12.8 Å². The van der Waals surface area contributed by atoms with Crippen LogP contribution < -0.4 is 5.32 Å². The van der Waals surface area contributed by atoms with Crippen molar-refractivity contribution in [1.29, 1.82) is 0 Å². The first-order chi connectivity index (χ1) is 3.39. The second kappa shape index (κ2) is 4.13. The Kier molecular flexibility index (Phi) is 4.23. The summed E-state index contributed by atoms with van der Waals surface area (Å²) < 4.78 is 0. The van der Waals surface area contributed by atoms with Crippen molar-refractivity contribution in [2.24, 2.45) is 0 Å². The van der Waals surface area contributed by atoms with Gasteiger partial charge in [0.25, 0.3) is 0 Å². The molecule has 0 amide bonds. The molecule has 3 heteroatoms. The summed E-state index contributed by atoms with van der Waals surface area (Å²) in [7, 11) is 0. The Morgan fingerprint density at radius 2 is 1.75 bits per heavy atom. The molecule has 0 radical (unpaired) electrons. The lowest BCUT2D eigenvalue weighted by atomic mass is 10.2. The van der Waals surface area contributed by atoms with Crippen LogP contribution in [0.5, 0.6) is 0 Å². The summed E-state index contributed by atoms with van der Waals surface area (Å²) in [6.45, 7) is 2.21. The fourth-order valence-electron chi connectivity index (χ4n) is 0.787. The standard InChI is InChI=1S/C5H10ClN.H2O/c6-5-1-3-7-4-2-5;/h5,7H,1-4H2;1H2. The van der Waals surface area contributed by atoms with Crippen molar-refractivity contribution in [3.05, 3.63) is 0 Å². The highest BCUT2D eigenvalue weighted by Gasteiger charge is 2.07. The number of halogens is 1. The second-order valence-corrected chi connectivity index (χ2v) is 2.54. The first kappa shape index (κ1) is 8.21. The number of alkyl halides is 1. The summed E-state index contributed by atoms with van der Waals surface area (Å²) >= 11 is 5.78. The molecule has 1 heterocycles. The van der Waals surface area contributed by atoms with Gasteiger partial charge >= 0.3 is 0 Å². The van der Waals surface area contributed by atoms with Crippen molar-refractivity contribution in [2.45, 2.75) is 18.2 Å². The third kappa shape index (κ3) is 2.50. The first-order valence-corrected chi connectivity index (χ1v) is 3.18. The molecule has 0 aromatic rings. The molecule has 50 valence electrons. The maximum Gasteiger partial charge on any atom is 0.0360 e. The van der Waals surface area contributed by atoms with E-state index in [1.165, 1.54) is 0 Å². The van der Waals surface area contributed by atoms with Crippen molar-refractivity contribution in [2.75, 3.05) is 13.1 Å². The molecule has 0 aliphatic carbocycles. The van der Waals surface area contributed by atoms with Crippen LogP contribution >= 0.6 is 11.6 Å². The van der Waals surface area contributed by atoms with Crippen LogP contribution in [0.4, 0.5) is 0 Å². The molecule has 8 heavy (non-hydrogen) atoms. The van der Waals surface area contributed by atoms with E-state index in [2.05, 4.69) is 5.32 Å². The summed E-state index contributed by atoms with van der Waals surface area (Å²) in [6, 6.07) is 0. The van der Waals surface area contributed by atoms with E-state index in [-0.39, 0.29) is 5.48 Å². The molecule has 3 N–H and O–H groups in total. The zero-order valence-corrected chi connectivity index (χ0v) is 5.54. The smallest absolute Gasteiger partial charge is 0.0360 e. The van der Waals surface area contributed by atoms with Gasteiger partial charge in [-0.1, -0.05) is 0 Å². The third-order valence-corrected chi connectivity index (χ3v) is 1.71. The maximum absolute atomic E-state index is 5.78. The molecule has 0 atom stereocenters. The number of hydrogen-bond donors (Lipinski definition) is 1.